The normalized spacial score (nSPS) is 11.5. The first kappa shape index (κ1) is 20.9. The first-order valence-corrected chi connectivity index (χ1v) is 9.84. The minimum absolute atomic E-state index is 0.190. The van der Waals surface area contributed by atoms with Gasteiger partial charge in [0, 0.05) is 25.2 Å². The third-order valence-electron chi connectivity index (χ3n) is 4.82. The first-order valence-electron chi connectivity index (χ1n) is 9.43. The fraction of sp³-hybridized carbons (Fsp3) is 0.125. The van der Waals surface area contributed by atoms with Crippen LogP contribution in [0, 0.1) is 0 Å². The summed E-state index contributed by atoms with van der Waals surface area (Å²) in [4.78, 5) is 1.62. The van der Waals surface area contributed by atoms with Gasteiger partial charge >= 0.3 is 6.36 Å². The molecule has 158 valence electrons. The third-order valence-corrected chi connectivity index (χ3v) is 5.27. The molecule has 0 heterocycles. The summed E-state index contributed by atoms with van der Waals surface area (Å²) in [6, 6.07) is 21.2. The van der Waals surface area contributed by atoms with Crippen LogP contribution >= 0.6 is 12.2 Å². The highest BCUT2D eigenvalue weighted by atomic mass is 32.1. The predicted molar refractivity (Wildman–Crippen MR) is 120 cm³/mol. The van der Waals surface area contributed by atoms with Crippen LogP contribution in [0.15, 0.2) is 72.8 Å². The van der Waals surface area contributed by atoms with E-state index < -0.39 is 6.36 Å². The molecule has 4 aromatic carbocycles. The molecule has 0 amide bonds. The van der Waals surface area contributed by atoms with Crippen LogP contribution in [0.25, 0.3) is 32.7 Å². The third kappa shape index (κ3) is 4.27. The lowest BCUT2D eigenvalue weighted by Crippen LogP contribution is -2.25. The molecule has 0 aliphatic rings. The molecule has 0 aliphatic carbocycles. The van der Waals surface area contributed by atoms with Crippen molar-refractivity contribution in [3.8, 4) is 22.6 Å². The number of benzene rings is 4. The number of hydrogen-bond donors (Lipinski definition) is 0. The van der Waals surface area contributed by atoms with Crippen LogP contribution < -0.4 is 9.47 Å². The van der Waals surface area contributed by atoms with Gasteiger partial charge in [0.1, 0.15) is 11.5 Å². The van der Waals surface area contributed by atoms with E-state index in [0.29, 0.717) is 22.3 Å². The molecular formula is C24H18F3NO2S. The minimum atomic E-state index is -4.85. The van der Waals surface area contributed by atoms with Crippen molar-refractivity contribution in [1.82, 2.24) is 4.90 Å². The Hall–Kier alpha value is -3.32. The van der Waals surface area contributed by atoms with Crippen molar-refractivity contribution >= 4 is 38.9 Å². The highest BCUT2D eigenvalue weighted by Gasteiger charge is 2.33. The zero-order chi connectivity index (χ0) is 22.2. The van der Waals surface area contributed by atoms with Crippen LogP contribution in [-0.4, -0.2) is 30.5 Å². The van der Waals surface area contributed by atoms with Gasteiger partial charge in [-0.15, -0.1) is 13.2 Å². The fourth-order valence-electron chi connectivity index (χ4n) is 3.50. The van der Waals surface area contributed by atoms with Crippen molar-refractivity contribution in [1.29, 1.82) is 0 Å². The molecule has 0 N–H and O–H groups in total. The van der Waals surface area contributed by atoms with E-state index in [-0.39, 0.29) is 10.9 Å². The van der Waals surface area contributed by atoms with Crippen molar-refractivity contribution < 1.29 is 22.6 Å². The van der Waals surface area contributed by atoms with Crippen molar-refractivity contribution in [3.05, 3.63) is 72.8 Å². The molecule has 4 aromatic rings. The van der Waals surface area contributed by atoms with Crippen LogP contribution in [0.2, 0.25) is 0 Å². The van der Waals surface area contributed by atoms with Gasteiger partial charge in [-0.25, -0.2) is 0 Å². The van der Waals surface area contributed by atoms with E-state index in [4.69, 9.17) is 17.0 Å². The molecule has 0 aliphatic heterocycles. The highest BCUT2D eigenvalue weighted by molar-refractivity contribution is 7.80. The quantitative estimate of drug-likeness (QED) is 0.327. The van der Waals surface area contributed by atoms with Gasteiger partial charge in [-0.2, -0.15) is 0 Å². The second-order valence-electron chi connectivity index (χ2n) is 7.13. The molecule has 7 heteroatoms. The van der Waals surface area contributed by atoms with Crippen LogP contribution in [0.5, 0.6) is 11.5 Å². The smallest absolute Gasteiger partial charge is 0.431 e. The lowest BCUT2D eigenvalue weighted by Gasteiger charge is -2.21. The number of rotatable bonds is 3. The number of nitrogens with zero attached hydrogens (tertiary/aromatic N) is 1. The van der Waals surface area contributed by atoms with E-state index in [1.165, 1.54) is 6.07 Å². The van der Waals surface area contributed by atoms with Crippen molar-refractivity contribution in [2.24, 2.45) is 0 Å². The summed E-state index contributed by atoms with van der Waals surface area (Å²) in [6.45, 7) is 0. The summed E-state index contributed by atoms with van der Waals surface area (Å²) >= 11 is 5.30. The Morgan fingerprint density at radius 1 is 0.742 bits per heavy atom. The molecule has 0 atom stereocenters. The van der Waals surface area contributed by atoms with E-state index in [1.807, 2.05) is 42.5 Å². The van der Waals surface area contributed by atoms with Gasteiger partial charge < -0.3 is 14.4 Å². The lowest BCUT2D eigenvalue weighted by atomic mass is 9.92. The monoisotopic (exact) mass is 441 g/mol. The average Bonchev–Trinajstić information content (AvgIpc) is 2.73. The van der Waals surface area contributed by atoms with E-state index in [1.54, 1.807) is 43.3 Å². The summed E-state index contributed by atoms with van der Waals surface area (Å²) < 4.78 is 50.2. The lowest BCUT2D eigenvalue weighted by molar-refractivity contribution is -0.274. The van der Waals surface area contributed by atoms with Gasteiger partial charge in [0.15, 0.2) is 0 Å². The molecule has 0 spiro atoms. The molecule has 0 aromatic heterocycles. The molecular weight excluding hydrogens is 423 g/mol. The van der Waals surface area contributed by atoms with E-state index in [9.17, 15) is 13.2 Å². The average molecular weight is 441 g/mol. The van der Waals surface area contributed by atoms with E-state index >= 15 is 0 Å². The zero-order valence-corrected chi connectivity index (χ0v) is 17.6. The predicted octanol–water partition coefficient (Wildman–Crippen LogP) is 6.78. The zero-order valence-electron chi connectivity index (χ0n) is 16.7. The van der Waals surface area contributed by atoms with Crippen molar-refractivity contribution in [2.45, 2.75) is 6.36 Å². The van der Waals surface area contributed by atoms with Crippen LogP contribution in [0.3, 0.4) is 0 Å². The van der Waals surface area contributed by atoms with Crippen LogP contribution in [0.4, 0.5) is 13.2 Å². The van der Waals surface area contributed by atoms with Gasteiger partial charge in [-0.3, -0.25) is 0 Å². The van der Waals surface area contributed by atoms with Gasteiger partial charge in [0.25, 0.3) is 5.17 Å². The molecule has 0 fully saturated rings. The first-order chi connectivity index (χ1) is 14.7. The van der Waals surface area contributed by atoms with Gasteiger partial charge in [-0.1, -0.05) is 60.7 Å². The van der Waals surface area contributed by atoms with Crippen molar-refractivity contribution in [3.63, 3.8) is 0 Å². The molecule has 31 heavy (non-hydrogen) atoms. The van der Waals surface area contributed by atoms with Gasteiger partial charge in [-0.05, 0) is 45.9 Å². The molecule has 4 rings (SSSR count). The Labute approximate surface area is 182 Å². The molecule has 0 bridgehead atoms. The molecule has 0 radical (unpaired) electrons. The summed E-state index contributed by atoms with van der Waals surface area (Å²) in [5.41, 5.74) is 0.780. The summed E-state index contributed by atoms with van der Waals surface area (Å²) in [5.74, 6) is 0.0453. The summed E-state index contributed by atoms with van der Waals surface area (Å²) in [7, 11) is 3.47. The molecule has 0 saturated heterocycles. The second kappa shape index (κ2) is 8.07. The van der Waals surface area contributed by atoms with Gasteiger partial charge in [0.05, 0.1) is 0 Å². The van der Waals surface area contributed by atoms with Gasteiger partial charge in [0.2, 0.25) is 0 Å². The van der Waals surface area contributed by atoms with E-state index in [2.05, 4.69) is 4.74 Å². The maximum atomic E-state index is 13.3. The number of fused-ring (bicyclic) bond motifs is 2. The number of halogens is 3. The SMILES string of the molecule is CN(C)C(=S)Oc1ccc2ccccc2c1-c1c(OC(F)(F)F)ccc2ccccc12. The number of ether oxygens (including phenoxy) is 2. The van der Waals surface area contributed by atoms with Crippen molar-refractivity contribution in [2.75, 3.05) is 14.1 Å². The van der Waals surface area contributed by atoms with Crippen LogP contribution in [0.1, 0.15) is 0 Å². The topological polar surface area (TPSA) is 21.7 Å². The maximum Gasteiger partial charge on any atom is 0.573 e. The van der Waals surface area contributed by atoms with Crippen LogP contribution in [-0.2, 0) is 0 Å². The Kier molecular flexibility index (Phi) is 5.45. The Morgan fingerprint density at radius 3 is 1.74 bits per heavy atom. The second-order valence-corrected chi connectivity index (χ2v) is 7.48. The fourth-order valence-corrected chi connectivity index (χ4v) is 3.59. The maximum absolute atomic E-state index is 13.3. The molecule has 0 saturated carbocycles. The minimum Gasteiger partial charge on any atom is -0.431 e. The number of alkyl halides is 3. The van der Waals surface area contributed by atoms with E-state index in [0.717, 1.165) is 16.2 Å². The molecule has 0 unspecified atom stereocenters. The number of thiocarbonyl (C=S) groups is 1. The largest absolute Gasteiger partial charge is 0.573 e. The number of hydrogen-bond acceptors (Lipinski definition) is 3. The Bertz CT molecular complexity index is 1290. The Morgan fingerprint density at radius 2 is 1.23 bits per heavy atom. The standard InChI is InChI=1S/C24H18F3NO2S/c1-28(2)23(31)29-19-13-11-15-7-3-5-9-17(15)21(19)22-18-10-6-4-8-16(18)12-14-20(22)30-24(25,26)27/h3-14H,1-2H3. The molecule has 3 nitrogen and oxygen atoms in total. The summed E-state index contributed by atoms with van der Waals surface area (Å²) in [5, 5.41) is 3.16. The Balaban J connectivity index is 2.10. The summed E-state index contributed by atoms with van der Waals surface area (Å²) in [6.07, 6.45) is -4.85. The highest BCUT2D eigenvalue weighted by Crippen LogP contribution is 2.46.